The zero-order chi connectivity index (χ0) is 12.2. The summed E-state index contributed by atoms with van der Waals surface area (Å²) in [7, 11) is 1.28. The van der Waals surface area contributed by atoms with E-state index in [1.807, 2.05) is 24.3 Å². The smallest absolute Gasteiger partial charge is 0.289 e. The van der Waals surface area contributed by atoms with Gasteiger partial charge in [-0.2, -0.15) is 4.89 Å². The van der Waals surface area contributed by atoms with Crippen molar-refractivity contribution < 1.29 is 14.6 Å². The topological polar surface area (TPSA) is 47.6 Å². The second-order valence-corrected chi connectivity index (χ2v) is 4.49. The maximum absolute atomic E-state index is 11.0. The summed E-state index contributed by atoms with van der Waals surface area (Å²) in [6.07, 6.45) is -0.633. The third-order valence-corrected chi connectivity index (χ3v) is 2.16. The Morgan fingerprint density at radius 3 is 2.19 bits per heavy atom. The Morgan fingerprint density at radius 1 is 1.19 bits per heavy atom. The monoisotopic (exact) mass is 223 g/mol. The molecule has 0 saturated carbocycles. The lowest BCUT2D eigenvalue weighted by Crippen LogP contribution is -2.14. The highest BCUT2D eigenvalue weighted by molar-refractivity contribution is 5.84. The van der Waals surface area contributed by atoms with E-state index in [1.54, 1.807) is 0 Å². The largest absolute Gasteiger partial charge is 0.443 e. The number of amides is 1. The van der Waals surface area contributed by atoms with Gasteiger partial charge in [0.25, 0.3) is 0 Å². The second kappa shape index (κ2) is 4.99. The molecule has 1 aromatic carbocycles. The Morgan fingerprint density at radius 2 is 1.75 bits per heavy atom. The molecule has 0 atom stereocenters. The first-order chi connectivity index (χ1) is 7.43. The molecular weight excluding hydrogens is 206 g/mol. The third kappa shape index (κ3) is 3.55. The molecule has 0 radical (unpaired) electrons. The Labute approximate surface area is 95.5 Å². The predicted octanol–water partition coefficient (Wildman–Crippen LogP) is 3.09. The van der Waals surface area contributed by atoms with Crippen molar-refractivity contribution in [3.05, 3.63) is 29.8 Å². The van der Waals surface area contributed by atoms with Crippen LogP contribution in [0.25, 0.3) is 0 Å². The second-order valence-electron chi connectivity index (χ2n) is 4.49. The lowest BCUT2D eigenvalue weighted by atomic mass is 9.87. The van der Waals surface area contributed by atoms with E-state index in [4.69, 9.17) is 0 Å². The Balaban J connectivity index is 2.69. The van der Waals surface area contributed by atoms with E-state index >= 15 is 0 Å². The number of hydrogen-bond acceptors (Lipinski definition) is 3. The van der Waals surface area contributed by atoms with Crippen LogP contribution in [0.1, 0.15) is 26.3 Å². The summed E-state index contributed by atoms with van der Waals surface area (Å²) in [4.78, 5) is 19.6. The van der Waals surface area contributed by atoms with Gasteiger partial charge >= 0.3 is 6.09 Å². The quantitative estimate of drug-likeness (QED) is 0.619. The van der Waals surface area contributed by atoms with Gasteiger partial charge in [-0.1, -0.05) is 32.9 Å². The molecular formula is C12H17NO3. The third-order valence-electron chi connectivity index (χ3n) is 2.16. The van der Waals surface area contributed by atoms with E-state index in [1.165, 1.54) is 12.7 Å². The molecule has 0 unspecified atom stereocenters. The van der Waals surface area contributed by atoms with Gasteiger partial charge in [0.2, 0.25) is 0 Å². The molecule has 0 aromatic heterocycles. The molecule has 0 saturated heterocycles. The molecule has 0 aliphatic heterocycles. The first-order valence-electron chi connectivity index (χ1n) is 5.05. The fourth-order valence-electron chi connectivity index (χ4n) is 1.27. The zero-order valence-corrected chi connectivity index (χ0v) is 10.0. The summed E-state index contributed by atoms with van der Waals surface area (Å²) in [5.41, 5.74) is 1.99. The summed E-state index contributed by atoms with van der Waals surface area (Å²) in [5, 5.41) is 2.54. The number of rotatable bonds is 2. The normalized spacial score (nSPS) is 11.0. The van der Waals surface area contributed by atoms with Crippen LogP contribution in [0.3, 0.4) is 0 Å². The number of carbonyl (C=O) groups is 1. The minimum Gasteiger partial charge on any atom is -0.289 e. The molecule has 0 fully saturated rings. The molecule has 0 aliphatic carbocycles. The van der Waals surface area contributed by atoms with Gasteiger partial charge in [0.05, 0.1) is 7.11 Å². The molecule has 1 aromatic rings. The average molecular weight is 223 g/mol. The van der Waals surface area contributed by atoms with Crippen molar-refractivity contribution in [3.8, 4) is 0 Å². The lowest BCUT2D eigenvalue weighted by molar-refractivity contribution is -0.208. The minimum atomic E-state index is -0.633. The molecule has 16 heavy (non-hydrogen) atoms. The van der Waals surface area contributed by atoms with Crippen LogP contribution < -0.4 is 5.32 Å². The SMILES string of the molecule is COOC(=O)Nc1ccc(C(C)(C)C)cc1. The Kier molecular flexibility index (Phi) is 3.90. The van der Waals surface area contributed by atoms with Crippen LogP contribution in [0.5, 0.6) is 0 Å². The maximum atomic E-state index is 11.0. The van der Waals surface area contributed by atoms with Gasteiger partial charge in [0.15, 0.2) is 0 Å². The van der Waals surface area contributed by atoms with Gasteiger partial charge in [-0.05, 0) is 23.1 Å². The molecule has 0 spiro atoms. The van der Waals surface area contributed by atoms with Crippen molar-refractivity contribution in [2.24, 2.45) is 0 Å². The fourth-order valence-corrected chi connectivity index (χ4v) is 1.27. The standard InChI is InChI=1S/C12H17NO3/c1-12(2,3)9-5-7-10(8-6-9)13-11(14)16-15-4/h5-8H,1-4H3,(H,13,14). The van der Waals surface area contributed by atoms with E-state index in [2.05, 4.69) is 35.9 Å². The van der Waals surface area contributed by atoms with E-state index in [9.17, 15) is 4.79 Å². The van der Waals surface area contributed by atoms with E-state index in [0.717, 1.165) is 0 Å². The first kappa shape index (κ1) is 12.5. The molecule has 1 N–H and O–H groups in total. The Bertz CT molecular complexity index is 352. The summed E-state index contributed by atoms with van der Waals surface area (Å²) in [6.45, 7) is 6.40. The highest BCUT2D eigenvalue weighted by Gasteiger charge is 2.13. The average Bonchev–Trinajstić information content (AvgIpc) is 2.17. The summed E-state index contributed by atoms with van der Waals surface area (Å²) >= 11 is 0. The van der Waals surface area contributed by atoms with Crippen LogP contribution in [0.4, 0.5) is 10.5 Å². The van der Waals surface area contributed by atoms with Crippen LogP contribution in [-0.2, 0) is 15.2 Å². The van der Waals surface area contributed by atoms with Gasteiger partial charge in [-0.3, -0.25) is 10.2 Å². The van der Waals surface area contributed by atoms with E-state index in [0.29, 0.717) is 5.69 Å². The summed E-state index contributed by atoms with van der Waals surface area (Å²) in [5.74, 6) is 0. The maximum Gasteiger partial charge on any atom is 0.443 e. The molecule has 88 valence electrons. The number of benzene rings is 1. The first-order valence-corrected chi connectivity index (χ1v) is 5.05. The number of anilines is 1. The van der Waals surface area contributed by atoms with Crippen LogP contribution in [0.15, 0.2) is 24.3 Å². The number of hydrogen-bond donors (Lipinski definition) is 1. The Hall–Kier alpha value is -1.55. The van der Waals surface area contributed by atoms with Gasteiger partial charge in [-0.25, -0.2) is 4.79 Å². The molecule has 0 aliphatic rings. The predicted molar refractivity (Wildman–Crippen MR) is 62.3 cm³/mol. The lowest BCUT2D eigenvalue weighted by Gasteiger charge is -2.19. The van der Waals surface area contributed by atoms with Crippen LogP contribution in [-0.4, -0.2) is 13.2 Å². The van der Waals surface area contributed by atoms with Crippen molar-refractivity contribution in [3.63, 3.8) is 0 Å². The number of carbonyl (C=O) groups excluding carboxylic acids is 1. The van der Waals surface area contributed by atoms with Crippen LogP contribution >= 0.6 is 0 Å². The van der Waals surface area contributed by atoms with Crippen molar-refractivity contribution in [1.29, 1.82) is 0 Å². The fraction of sp³-hybridized carbons (Fsp3) is 0.417. The van der Waals surface area contributed by atoms with E-state index in [-0.39, 0.29) is 5.41 Å². The van der Waals surface area contributed by atoms with Gasteiger partial charge < -0.3 is 0 Å². The van der Waals surface area contributed by atoms with Crippen LogP contribution in [0.2, 0.25) is 0 Å². The highest BCUT2D eigenvalue weighted by Crippen LogP contribution is 2.23. The molecule has 1 rings (SSSR count). The van der Waals surface area contributed by atoms with Crippen LogP contribution in [0, 0.1) is 0 Å². The number of nitrogens with one attached hydrogen (secondary N) is 1. The molecule has 4 nitrogen and oxygen atoms in total. The highest BCUT2D eigenvalue weighted by atomic mass is 17.2. The zero-order valence-electron chi connectivity index (χ0n) is 10.0. The molecule has 4 heteroatoms. The van der Waals surface area contributed by atoms with Gasteiger partial charge in [0.1, 0.15) is 0 Å². The molecule has 1 amide bonds. The molecule has 0 heterocycles. The van der Waals surface area contributed by atoms with Gasteiger partial charge in [-0.15, -0.1) is 0 Å². The van der Waals surface area contributed by atoms with Crippen molar-refractivity contribution >= 4 is 11.8 Å². The molecule has 0 bridgehead atoms. The summed E-state index contributed by atoms with van der Waals surface area (Å²) in [6, 6.07) is 7.61. The van der Waals surface area contributed by atoms with E-state index < -0.39 is 6.09 Å². The summed E-state index contributed by atoms with van der Waals surface area (Å²) < 4.78 is 0. The minimum absolute atomic E-state index is 0.103. The van der Waals surface area contributed by atoms with Crippen molar-refractivity contribution in [2.45, 2.75) is 26.2 Å². The van der Waals surface area contributed by atoms with Crippen molar-refractivity contribution in [2.75, 3.05) is 12.4 Å². The van der Waals surface area contributed by atoms with Gasteiger partial charge in [0, 0.05) is 5.69 Å². The van der Waals surface area contributed by atoms with Crippen molar-refractivity contribution in [1.82, 2.24) is 0 Å².